The Balaban J connectivity index is 1.82. The third-order valence-corrected chi connectivity index (χ3v) is 4.19. The molecule has 1 amide bonds. The summed E-state index contributed by atoms with van der Waals surface area (Å²) in [5.41, 5.74) is 0.941. The van der Waals surface area contributed by atoms with Gasteiger partial charge in [-0.15, -0.1) is 0 Å². The molecule has 0 aromatic heterocycles. The summed E-state index contributed by atoms with van der Waals surface area (Å²) in [5.74, 6) is 1.23. The molecular weight excluding hydrogens is 274 g/mol. The molecule has 1 aliphatic carbocycles. The van der Waals surface area contributed by atoms with Crippen molar-refractivity contribution in [2.75, 3.05) is 6.61 Å². The molecule has 0 unspecified atom stereocenters. The first-order valence-corrected chi connectivity index (χ1v) is 7.62. The van der Waals surface area contributed by atoms with Crippen LogP contribution in [0.4, 0.5) is 0 Å². The number of hydrogen-bond donors (Lipinski definition) is 1. The van der Waals surface area contributed by atoms with Crippen LogP contribution in [0, 0.1) is 12.8 Å². The first-order chi connectivity index (χ1) is 9.56. The van der Waals surface area contributed by atoms with Gasteiger partial charge in [-0.25, -0.2) is 0 Å². The highest BCUT2D eigenvalue weighted by Gasteiger charge is 2.22. The minimum Gasteiger partial charge on any atom is -0.484 e. The van der Waals surface area contributed by atoms with Gasteiger partial charge in [-0.1, -0.05) is 31.4 Å². The van der Waals surface area contributed by atoms with Crippen molar-refractivity contribution in [1.29, 1.82) is 0 Å². The van der Waals surface area contributed by atoms with E-state index >= 15 is 0 Å². The van der Waals surface area contributed by atoms with E-state index in [4.69, 9.17) is 16.3 Å². The molecule has 1 N–H and O–H groups in total. The highest BCUT2D eigenvalue weighted by Crippen LogP contribution is 2.24. The molecule has 4 heteroatoms. The van der Waals surface area contributed by atoms with E-state index in [1.807, 2.05) is 13.0 Å². The first-order valence-electron chi connectivity index (χ1n) is 7.24. The number of hydrogen-bond acceptors (Lipinski definition) is 2. The molecular formula is C16H22ClNO2. The third kappa shape index (κ3) is 4.14. The SMILES string of the molecule is Cc1cc(Cl)ccc1OCC(=O)N[C@@H]1CCCC[C@@H]1C. The van der Waals surface area contributed by atoms with Gasteiger partial charge >= 0.3 is 0 Å². The summed E-state index contributed by atoms with van der Waals surface area (Å²) in [6.07, 6.45) is 4.75. The number of ether oxygens (including phenoxy) is 1. The number of halogens is 1. The summed E-state index contributed by atoms with van der Waals surface area (Å²) in [6, 6.07) is 5.70. The summed E-state index contributed by atoms with van der Waals surface area (Å²) in [5, 5.41) is 3.76. The van der Waals surface area contributed by atoms with E-state index < -0.39 is 0 Å². The van der Waals surface area contributed by atoms with E-state index in [9.17, 15) is 4.79 Å². The van der Waals surface area contributed by atoms with Crippen LogP contribution in [-0.2, 0) is 4.79 Å². The van der Waals surface area contributed by atoms with E-state index in [-0.39, 0.29) is 12.5 Å². The second-order valence-corrected chi connectivity index (χ2v) is 6.07. The van der Waals surface area contributed by atoms with Crippen molar-refractivity contribution in [3.63, 3.8) is 0 Å². The summed E-state index contributed by atoms with van der Waals surface area (Å²) in [4.78, 5) is 11.9. The molecule has 0 spiro atoms. The number of nitrogens with one attached hydrogen (secondary N) is 1. The number of aryl methyl sites for hydroxylation is 1. The number of carbonyl (C=O) groups is 1. The van der Waals surface area contributed by atoms with Crippen LogP contribution in [0.5, 0.6) is 5.75 Å². The minimum absolute atomic E-state index is 0.0434. The number of carbonyl (C=O) groups excluding carboxylic acids is 1. The van der Waals surface area contributed by atoms with Gasteiger partial charge in [0.25, 0.3) is 5.91 Å². The summed E-state index contributed by atoms with van der Waals surface area (Å²) < 4.78 is 5.56. The van der Waals surface area contributed by atoms with E-state index in [0.717, 1.165) is 12.0 Å². The zero-order valence-corrected chi connectivity index (χ0v) is 12.9. The zero-order chi connectivity index (χ0) is 14.5. The van der Waals surface area contributed by atoms with Crippen molar-refractivity contribution < 1.29 is 9.53 Å². The van der Waals surface area contributed by atoms with Crippen LogP contribution in [0.25, 0.3) is 0 Å². The largest absolute Gasteiger partial charge is 0.484 e. The minimum atomic E-state index is -0.0434. The molecule has 1 aliphatic rings. The van der Waals surface area contributed by atoms with Gasteiger partial charge in [0.15, 0.2) is 6.61 Å². The fraction of sp³-hybridized carbons (Fsp3) is 0.562. The van der Waals surface area contributed by atoms with Crippen LogP contribution >= 0.6 is 11.6 Å². The number of rotatable bonds is 4. The standard InChI is InChI=1S/C16H22ClNO2/c1-11-5-3-4-6-14(11)18-16(19)10-20-15-8-7-13(17)9-12(15)2/h7-9,11,14H,3-6,10H2,1-2H3,(H,18,19)/t11-,14+/m0/s1. The highest BCUT2D eigenvalue weighted by molar-refractivity contribution is 6.30. The molecule has 0 bridgehead atoms. The van der Waals surface area contributed by atoms with Crippen LogP contribution in [0.1, 0.15) is 38.2 Å². The van der Waals surface area contributed by atoms with Gasteiger partial charge in [-0.3, -0.25) is 4.79 Å². The van der Waals surface area contributed by atoms with Crippen LogP contribution in [0.3, 0.4) is 0 Å². The Morgan fingerprint density at radius 1 is 1.40 bits per heavy atom. The van der Waals surface area contributed by atoms with Crippen molar-refractivity contribution in [2.24, 2.45) is 5.92 Å². The zero-order valence-electron chi connectivity index (χ0n) is 12.1. The second-order valence-electron chi connectivity index (χ2n) is 5.63. The van der Waals surface area contributed by atoms with Gasteiger partial charge < -0.3 is 10.1 Å². The van der Waals surface area contributed by atoms with Gasteiger partial charge in [0, 0.05) is 11.1 Å². The molecule has 1 saturated carbocycles. The number of benzene rings is 1. The maximum atomic E-state index is 11.9. The Morgan fingerprint density at radius 3 is 2.85 bits per heavy atom. The predicted molar refractivity (Wildman–Crippen MR) is 81.2 cm³/mol. The Labute approximate surface area is 125 Å². The van der Waals surface area contributed by atoms with Crippen molar-refractivity contribution in [3.8, 4) is 5.75 Å². The molecule has 2 atom stereocenters. The lowest BCUT2D eigenvalue weighted by Gasteiger charge is -2.29. The molecule has 1 aromatic rings. The number of amides is 1. The van der Waals surface area contributed by atoms with Crippen molar-refractivity contribution >= 4 is 17.5 Å². The topological polar surface area (TPSA) is 38.3 Å². The lowest BCUT2D eigenvalue weighted by molar-refractivity contribution is -0.124. The third-order valence-electron chi connectivity index (χ3n) is 3.95. The molecule has 20 heavy (non-hydrogen) atoms. The fourth-order valence-electron chi connectivity index (χ4n) is 2.70. The van der Waals surface area contributed by atoms with Gasteiger partial charge in [-0.2, -0.15) is 0 Å². The molecule has 2 rings (SSSR count). The van der Waals surface area contributed by atoms with Crippen LogP contribution in [0.2, 0.25) is 5.02 Å². The van der Waals surface area contributed by atoms with Crippen molar-refractivity contribution in [2.45, 2.75) is 45.6 Å². The summed E-state index contributed by atoms with van der Waals surface area (Å²) in [7, 11) is 0. The van der Waals surface area contributed by atoms with Crippen molar-refractivity contribution in [3.05, 3.63) is 28.8 Å². The van der Waals surface area contributed by atoms with Gasteiger partial charge in [0.05, 0.1) is 0 Å². The van der Waals surface area contributed by atoms with Gasteiger partial charge in [0.1, 0.15) is 5.75 Å². The Hall–Kier alpha value is -1.22. The molecule has 0 aliphatic heterocycles. The van der Waals surface area contributed by atoms with Crippen molar-refractivity contribution in [1.82, 2.24) is 5.32 Å². The molecule has 1 fully saturated rings. The molecule has 0 radical (unpaired) electrons. The van der Waals surface area contributed by atoms with Gasteiger partial charge in [0.2, 0.25) is 0 Å². The fourth-order valence-corrected chi connectivity index (χ4v) is 2.92. The van der Waals surface area contributed by atoms with E-state index in [1.54, 1.807) is 12.1 Å². The lowest BCUT2D eigenvalue weighted by atomic mass is 9.86. The normalized spacial score (nSPS) is 22.4. The first kappa shape index (κ1) is 15.2. The monoisotopic (exact) mass is 295 g/mol. The summed E-state index contributed by atoms with van der Waals surface area (Å²) in [6.45, 7) is 4.18. The van der Waals surface area contributed by atoms with Crippen LogP contribution < -0.4 is 10.1 Å². The lowest BCUT2D eigenvalue weighted by Crippen LogP contribution is -2.43. The van der Waals surface area contributed by atoms with Crippen LogP contribution in [0.15, 0.2) is 18.2 Å². The van der Waals surface area contributed by atoms with E-state index in [0.29, 0.717) is 22.7 Å². The van der Waals surface area contributed by atoms with E-state index in [2.05, 4.69) is 12.2 Å². The second kappa shape index (κ2) is 6.98. The van der Waals surface area contributed by atoms with Gasteiger partial charge in [-0.05, 0) is 49.4 Å². The maximum Gasteiger partial charge on any atom is 0.258 e. The molecule has 110 valence electrons. The molecule has 3 nitrogen and oxygen atoms in total. The van der Waals surface area contributed by atoms with E-state index in [1.165, 1.54) is 19.3 Å². The Morgan fingerprint density at radius 2 is 2.15 bits per heavy atom. The molecule has 1 aromatic carbocycles. The molecule has 0 saturated heterocycles. The Kier molecular flexibility index (Phi) is 5.30. The average Bonchev–Trinajstić information content (AvgIpc) is 2.40. The smallest absolute Gasteiger partial charge is 0.258 e. The predicted octanol–water partition coefficient (Wildman–Crippen LogP) is 3.72. The Bertz CT molecular complexity index is 476. The summed E-state index contributed by atoms with van der Waals surface area (Å²) >= 11 is 5.89. The quantitative estimate of drug-likeness (QED) is 0.919. The average molecular weight is 296 g/mol. The highest BCUT2D eigenvalue weighted by atomic mass is 35.5. The molecule has 0 heterocycles. The van der Waals surface area contributed by atoms with Crippen LogP contribution in [-0.4, -0.2) is 18.6 Å². The maximum absolute atomic E-state index is 11.9.